The maximum absolute atomic E-state index is 11.7. The first-order valence-electron chi connectivity index (χ1n) is 4.87. The second-order valence-electron chi connectivity index (χ2n) is 3.29. The first-order valence-corrected chi connectivity index (χ1v) is 4.87. The highest BCUT2D eigenvalue weighted by Crippen LogP contribution is 2.11. The molecule has 2 N–H and O–H groups in total. The molecule has 80 valence electrons. The van der Waals surface area contributed by atoms with E-state index in [1.54, 1.807) is 6.92 Å². The smallest absolute Gasteiger partial charge is 0.245 e. The van der Waals surface area contributed by atoms with Crippen LogP contribution in [0, 0.1) is 0 Å². The fourth-order valence-electron chi connectivity index (χ4n) is 1.66. The molecule has 1 rings (SSSR count). The minimum absolute atomic E-state index is 0.103. The summed E-state index contributed by atoms with van der Waals surface area (Å²) in [4.78, 5) is 24.6. The highest BCUT2D eigenvalue weighted by atomic mass is 16.3. The number of nitrogens with one attached hydrogen (secondary N) is 1. The topological polar surface area (TPSA) is 69.6 Å². The molecule has 14 heavy (non-hydrogen) atoms. The maximum Gasteiger partial charge on any atom is 0.245 e. The number of hydrogen-bond donors (Lipinski definition) is 2. The van der Waals surface area contributed by atoms with Gasteiger partial charge in [-0.1, -0.05) is 6.92 Å². The lowest BCUT2D eigenvalue weighted by atomic mass is 10.1. The molecule has 5 nitrogen and oxygen atoms in total. The number of nitrogens with zero attached hydrogens (tertiary/aromatic N) is 1. The van der Waals surface area contributed by atoms with Crippen molar-refractivity contribution in [1.29, 1.82) is 0 Å². The molecule has 2 amide bonds. The molecule has 1 saturated heterocycles. The van der Waals surface area contributed by atoms with Crippen molar-refractivity contribution >= 4 is 11.8 Å². The summed E-state index contributed by atoms with van der Waals surface area (Å²) in [5.41, 5.74) is 0. The van der Waals surface area contributed by atoms with Gasteiger partial charge in [-0.05, 0) is 13.3 Å². The second-order valence-corrected chi connectivity index (χ2v) is 3.29. The van der Waals surface area contributed by atoms with Gasteiger partial charge in [0.2, 0.25) is 11.8 Å². The summed E-state index contributed by atoms with van der Waals surface area (Å²) in [6.45, 7) is 3.78. The molecule has 0 aromatic rings. The van der Waals surface area contributed by atoms with Crippen LogP contribution in [0.4, 0.5) is 0 Å². The van der Waals surface area contributed by atoms with Gasteiger partial charge in [0, 0.05) is 6.54 Å². The van der Waals surface area contributed by atoms with Gasteiger partial charge in [-0.3, -0.25) is 9.59 Å². The summed E-state index contributed by atoms with van der Waals surface area (Å²) >= 11 is 0. The normalized spacial score (nSPS) is 27.8. The van der Waals surface area contributed by atoms with Crippen molar-refractivity contribution in [2.45, 2.75) is 32.4 Å². The van der Waals surface area contributed by atoms with Crippen LogP contribution >= 0.6 is 0 Å². The Hall–Kier alpha value is -1.10. The van der Waals surface area contributed by atoms with E-state index in [1.165, 1.54) is 4.90 Å². The van der Waals surface area contributed by atoms with Crippen LogP contribution < -0.4 is 5.32 Å². The molecule has 5 heteroatoms. The van der Waals surface area contributed by atoms with Gasteiger partial charge < -0.3 is 15.3 Å². The number of hydrogen-bond acceptors (Lipinski definition) is 3. The van der Waals surface area contributed by atoms with Gasteiger partial charge in [0.25, 0.3) is 0 Å². The van der Waals surface area contributed by atoms with E-state index in [9.17, 15) is 9.59 Å². The molecule has 0 spiro atoms. The van der Waals surface area contributed by atoms with Gasteiger partial charge in [0.15, 0.2) is 0 Å². The molecule has 0 radical (unpaired) electrons. The van der Waals surface area contributed by atoms with Crippen molar-refractivity contribution in [3.63, 3.8) is 0 Å². The molecule has 2 atom stereocenters. The number of likely N-dealkylation sites (N-methyl/N-ethyl adjacent to an activating group) is 1. The lowest BCUT2D eigenvalue weighted by Crippen LogP contribution is -2.64. The maximum atomic E-state index is 11.7. The van der Waals surface area contributed by atoms with Gasteiger partial charge in [0.1, 0.15) is 12.1 Å². The van der Waals surface area contributed by atoms with Crippen LogP contribution in [0.25, 0.3) is 0 Å². The van der Waals surface area contributed by atoms with Crippen LogP contribution in [0.2, 0.25) is 0 Å². The molecular weight excluding hydrogens is 184 g/mol. The van der Waals surface area contributed by atoms with Crippen LogP contribution in [0.5, 0.6) is 0 Å². The highest BCUT2D eigenvalue weighted by molar-refractivity contribution is 5.96. The van der Waals surface area contributed by atoms with E-state index in [1.807, 2.05) is 6.92 Å². The van der Waals surface area contributed by atoms with Gasteiger partial charge in [-0.2, -0.15) is 0 Å². The zero-order valence-corrected chi connectivity index (χ0v) is 8.49. The number of aliphatic hydroxyl groups is 1. The molecule has 0 unspecified atom stereocenters. The summed E-state index contributed by atoms with van der Waals surface area (Å²) in [5, 5.41) is 11.6. The zero-order chi connectivity index (χ0) is 10.7. The molecule has 0 aromatic heterocycles. The molecule has 1 fully saturated rings. The average Bonchev–Trinajstić information content (AvgIpc) is 2.20. The van der Waals surface area contributed by atoms with Crippen molar-refractivity contribution in [3.8, 4) is 0 Å². The van der Waals surface area contributed by atoms with E-state index in [2.05, 4.69) is 5.32 Å². The quantitative estimate of drug-likeness (QED) is 0.620. The first kappa shape index (κ1) is 11.0. The molecule has 0 saturated carbocycles. The van der Waals surface area contributed by atoms with Crippen LogP contribution in [0.3, 0.4) is 0 Å². The Kier molecular flexibility index (Phi) is 3.46. The number of aliphatic hydroxyl groups excluding tert-OH is 1. The van der Waals surface area contributed by atoms with Crippen molar-refractivity contribution in [1.82, 2.24) is 10.2 Å². The Morgan fingerprint density at radius 2 is 2.07 bits per heavy atom. The minimum atomic E-state index is -0.713. The second kappa shape index (κ2) is 4.41. The van der Waals surface area contributed by atoms with Crippen LogP contribution in [0.1, 0.15) is 20.3 Å². The zero-order valence-electron chi connectivity index (χ0n) is 8.49. The third-order valence-corrected chi connectivity index (χ3v) is 2.50. The van der Waals surface area contributed by atoms with Crippen molar-refractivity contribution in [3.05, 3.63) is 0 Å². The number of carbonyl (C=O) groups excluding carboxylic acids is 2. The Morgan fingerprint density at radius 1 is 1.43 bits per heavy atom. The first-order chi connectivity index (χ1) is 6.65. The van der Waals surface area contributed by atoms with Gasteiger partial charge in [-0.15, -0.1) is 0 Å². The van der Waals surface area contributed by atoms with Crippen molar-refractivity contribution < 1.29 is 14.7 Å². The molecular formula is C9H16N2O3. The van der Waals surface area contributed by atoms with Crippen LogP contribution in [-0.4, -0.2) is 47.1 Å². The monoisotopic (exact) mass is 200 g/mol. The average molecular weight is 200 g/mol. The van der Waals surface area contributed by atoms with E-state index in [0.717, 1.165) is 0 Å². The van der Waals surface area contributed by atoms with Crippen LogP contribution in [-0.2, 0) is 9.59 Å². The summed E-state index contributed by atoms with van der Waals surface area (Å²) in [6, 6.07) is -1.14. The number of carbonyl (C=O) groups is 2. The van der Waals surface area contributed by atoms with E-state index in [4.69, 9.17) is 5.11 Å². The molecule has 1 aliphatic rings. The molecule has 1 aliphatic heterocycles. The number of amides is 2. The molecule has 0 aromatic carbocycles. The predicted octanol–water partition coefficient (Wildman–Crippen LogP) is -0.896. The van der Waals surface area contributed by atoms with E-state index in [0.29, 0.717) is 13.0 Å². The Morgan fingerprint density at radius 3 is 2.50 bits per heavy atom. The SMILES string of the molecule is CC[C@H]1NC(=O)[C@@H](CO)N(CC)C1=O. The van der Waals surface area contributed by atoms with Crippen LogP contribution in [0.15, 0.2) is 0 Å². The Labute approximate surface area is 83.1 Å². The summed E-state index contributed by atoms with van der Waals surface area (Å²) < 4.78 is 0. The largest absolute Gasteiger partial charge is 0.394 e. The molecule has 1 heterocycles. The van der Waals surface area contributed by atoms with E-state index < -0.39 is 12.1 Å². The van der Waals surface area contributed by atoms with Gasteiger partial charge in [-0.25, -0.2) is 0 Å². The minimum Gasteiger partial charge on any atom is -0.394 e. The number of piperazine rings is 1. The van der Waals surface area contributed by atoms with Crippen molar-refractivity contribution in [2.75, 3.05) is 13.2 Å². The lowest BCUT2D eigenvalue weighted by Gasteiger charge is -2.37. The van der Waals surface area contributed by atoms with E-state index in [-0.39, 0.29) is 18.4 Å². The van der Waals surface area contributed by atoms with E-state index >= 15 is 0 Å². The van der Waals surface area contributed by atoms with Crippen molar-refractivity contribution in [2.24, 2.45) is 0 Å². The molecule has 0 bridgehead atoms. The molecule has 0 aliphatic carbocycles. The van der Waals surface area contributed by atoms with Gasteiger partial charge >= 0.3 is 0 Å². The summed E-state index contributed by atoms with van der Waals surface area (Å²) in [5.74, 6) is -0.366. The third kappa shape index (κ3) is 1.72. The Balaban J connectivity index is 2.84. The summed E-state index contributed by atoms with van der Waals surface area (Å²) in [6.07, 6.45) is 0.583. The highest BCUT2D eigenvalue weighted by Gasteiger charge is 2.38. The fraction of sp³-hybridized carbons (Fsp3) is 0.778. The summed E-state index contributed by atoms with van der Waals surface area (Å²) in [7, 11) is 0. The predicted molar refractivity (Wildman–Crippen MR) is 50.5 cm³/mol. The Bertz CT molecular complexity index is 242. The fourth-order valence-corrected chi connectivity index (χ4v) is 1.66. The number of rotatable bonds is 3. The third-order valence-electron chi connectivity index (χ3n) is 2.50. The standard InChI is InChI=1S/C9H16N2O3/c1-3-6-9(14)11(4-2)7(5-12)8(13)10-6/h6-7,12H,3-5H2,1-2H3,(H,10,13)/t6-,7-/m1/s1. The van der Waals surface area contributed by atoms with Gasteiger partial charge in [0.05, 0.1) is 6.61 Å². The lowest BCUT2D eigenvalue weighted by molar-refractivity contribution is -0.150.